The maximum atomic E-state index is 13.7. The molecule has 7 nitrogen and oxygen atoms in total. The summed E-state index contributed by atoms with van der Waals surface area (Å²) in [6.07, 6.45) is 7.76. The molecule has 1 aromatic carbocycles. The molecule has 2 saturated heterocycles. The topological polar surface area (TPSA) is 67.7 Å². The van der Waals surface area contributed by atoms with Gasteiger partial charge in [-0.2, -0.15) is 0 Å². The van der Waals surface area contributed by atoms with Crippen molar-refractivity contribution in [3.63, 3.8) is 0 Å². The van der Waals surface area contributed by atoms with Gasteiger partial charge in [-0.05, 0) is 75.2 Å². The maximum Gasteiger partial charge on any atom is 0.268 e. The third kappa shape index (κ3) is 3.80. The smallest absolute Gasteiger partial charge is 0.268 e. The lowest BCUT2D eigenvalue weighted by molar-refractivity contribution is 0.121. The van der Waals surface area contributed by atoms with Gasteiger partial charge in [0.25, 0.3) is 10.0 Å². The average molecular weight is 455 g/mol. The standard InChI is InChI=1S/C24H30N4O3S/c1-26-12-5-7-19(26)14-18-16-28(23-9-4-11-25-24(18)23)32(29,30)22-8-3-6-20(15-22)27-13-10-21(17-27)31-2/h3-4,6,8-9,11,15-16,19,21H,5,7,10,12-14,17H2,1-2H3/t19-,21-/m0/s1. The van der Waals surface area contributed by atoms with Crippen LogP contribution in [0.2, 0.25) is 0 Å². The summed E-state index contributed by atoms with van der Waals surface area (Å²) in [6.45, 7) is 2.72. The van der Waals surface area contributed by atoms with E-state index in [0.717, 1.165) is 55.7 Å². The molecule has 0 bridgehead atoms. The summed E-state index contributed by atoms with van der Waals surface area (Å²) in [4.78, 5) is 9.38. The van der Waals surface area contributed by atoms with Gasteiger partial charge in [-0.15, -0.1) is 0 Å². The van der Waals surface area contributed by atoms with Gasteiger partial charge in [0.05, 0.1) is 22.0 Å². The molecule has 0 aliphatic carbocycles. The number of likely N-dealkylation sites (N-methyl/N-ethyl adjacent to an activating group) is 1. The number of nitrogens with zero attached hydrogens (tertiary/aromatic N) is 4. The summed E-state index contributed by atoms with van der Waals surface area (Å²) in [5, 5.41) is 0. The minimum atomic E-state index is -3.76. The molecular formula is C24H30N4O3S. The van der Waals surface area contributed by atoms with Crippen molar-refractivity contribution in [3.05, 3.63) is 54.4 Å². The van der Waals surface area contributed by atoms with Crippen molar-refractivity contribution in [2.24, 2.45) is 0 Å². The predicted molar refractivity (Wildman–Crippen MR) is 126 cm³/mol. The van der Waals surface area contributed by atoms with Gasteiger partial charge in [-0.1, -0.05) is 6.07 Å². The highest BCUT2D eigenvalue weighted by atomic mass is 32.2. The number of aromatic nitrogens is 2. The Morgan fingerprint density at radius 1 is 1.16 bits per heavy atom. The summed E-state index contributed by atoms with van der Waals surface area (Å²) in [6, 6.07) is 11.3. The fraction of sp³-hybridized carbons (Fsp3) is 0.458. The molecule has 0 amide bonds. The first-order valence-corrected chi connectivity index (χ1v) is 12.7. The first-order valence-electron chi connectivity index (χ1n) is 11.3. The molecule has 2 aliphatic rings. The quantitative estimate of drug-likeness (QED) is 0.570. The highest BCUT2D eigenvalue weighted by molar-refractivity contribution is 7.90. The number of hydrogen-bond donors (Lipinski definition) is 0. The summed E-state index contributed by atoms with van der Waals surface area (Å²) >= 11 is 0. The molecule has 2 fully saturated rings. The second-order valence-electron chi connectivity index (χ2n) is 8.90. The molecule has 3 aromatic rings. The lowest BCUT2D eigenvalue weighted by Crippen LogP contribution is -2.26. The van der Waals surface area contributed by atoms with E-state index in [2.05, 4.69) is 21.8 Å². The molecule has 0 saturated carbocycles. The van der Waals surface area contributed by atoms with E-state index in [0.29, 0.717) is 16.5 Å². The fourth-order valence-electron chi connectivity index (χ4n) is 5.04. The number of fused-ring (bicyclic) bond motifs is 1. The molecule has 4 heterocycles. The van der Waals surface area contributed by atoms with E-state index in [1.807, 2.05) is 18.2 Å². The van der Waals surface area contributed by atoms with Crippen LogP contribution >= 0.6 is 0 Å². The molecule has 2 aliphatic heterocycles. The van der Waals surface area contributed by atoms with Crippen LogP contribution in [0.15, 0.2) is 53.7 Å². The number of pyridine rings is 1. The van der Waals surface area contributed by atoms with E-state index in [1.54, 1.807) is 37.7 Å². The molecule has 2 atom stereocenters. The lowest BCUT2D eigenvalue weighted by atomic mass is 10.1. The van der Waals surface area contributed by atoms with Crippen LogP contribution in [0.5, 0.6) is 0 Å². The first-order chi connectivity index (χ1) is 15.5. The Morgan fingerprint density at radius 3 is 2.78 bits per heavy atom. The molecule has 32 heavy (non-hydrogen) atoms. The zero-order chi connectivity index (χ0) is 22.3. The van der Waals surface area contributed by atoms with Crippen molar-refractivity contribution >= 4 is 26.7 Å². The Balaban J connectivity index is 1.52. The van der Waals surface area contributed by atoms with Gasteiger partial charge in [0.2, 0.25) is 0 Å². The fourth-order valence-corrected chi connectivity index (χ4v) is 6.46. The number of methoxy groups -OCH3 is 1. The third-order valence-electron chi connectivity index (χ3n) is 6.95. The molecular weight excluding hydrogens is 424 g/mol. The normalized spacial score (nSPS) is 22.2. The van der Waals surface area contributed by atoms with Gasteiger partial charge >= 0.3 is 0 Å². The van der Waals surface area contributed by atoms with Crippen LogP contribution < -0.4 is 4.90 Å². The van der Waals surface area contributed by atoms with Crippen molar-refractivity contribution in [1.82, 2.24) is 13.9 Å². The van der Waals surface area contributed by atoms with E-state index in [9.17, 15) is 8.42 Å². The summed E-state index contributed by atoms with van der Waals surface area (Å²) in [5.74, 6) is 0. The van der Waals surface area contributed by atoms with Gasteiger partial charge < -0.3 is 14.5 Å². The van der Waals surface area contributed by atoms with Crippen LogP contribution in [0.1, 0.15) is 24.8 Å². The second kappa shape index (κ2) is 8.50. The van der Waals surface area contributed by atoms with E-state index in [1.165, 1.54) is 10.4 Å². The first kappa shape index (κ1) is 21.4. The van der Waals surface area contributed by atoms with Crippen molar-refractivity contribution in [3.8, 4) is 0 Å². The second-order valence-corrected chi connectivity index (χ2v) is 10.7. The molecule has 5 rings (SSSR count). The lowest BCUT2D eigenvalue weighted by Gasteiger charge is -2.19. The number of likely N-dealkylation sites (tertiary alicyclic amines) is 1. The Bertz CT molecular complexity index is 1220. The van der Waals surface area contributed by atoms with Crippen molar-refractivity contribution in [2.45, 2.75) is 42.7 Å². The Hall–Kier alpha value is -2.42. The largest absolute Gasteiger partial charge is 0.380 e. The van der Waals surface area contributed by atoms with Crippen molar-refractivity contribution in [1.29, 1.82) is 0 Å². The number of benzene rings is 1. The molecule has 170 valence electrons. The third-order valence-corrected chi connectivity index (χ3v) is 8.62. The van der Waals surface area contributed by atoms with Crippen LogP contribution in [-0.4, -0.2) is 68.2 Å². The highest BCUT2D eigenvalue weighted by Crippen LogP contribution is 2.30. The Morgan fingerprint density at radius 2 is 2.03 bits per heavy atom. The van der Waals surface area contributed by atoms with E-state index in [-0.39, 0.29) is 6.10 Å². The molecule has 8 heteroatoms. The molecule has 0 unspecified atom stereocenters. The summed E-state index contributed by atoms with van der Waals surface area (Å²) < 4.78 is 34.3. The van der Waals surface area contributed by atoms with Crippen LogP contribution in [0.25, 0.3) is 11.0 Å². The van der Waals surface area contributed by atoms with Gasteiger partial charge in [0.15, 0.2) is 0 Å². The Kier molecular flexibility index (Phi) is 5.69. The minimum Gasteiger partial charge on any atom is -0.380 e. The number of rotatable bonds is 6. The van der Waals surface area contributed by atoms with Crippen LogP contribution in [0, 0.1) is 0 Å². The zero-order valence-electron chi connectivity index (χ0n) is 18.6. The summed E-state index contributed by atoms with van der Waals surface area (Å²) in [5.41, 5.74) is 3.30. The minimum absolute atomic E-state index is 0.186. The van der Waals surface area contributed by atoms with Gasteiger partial charge in [-0.25, -0.2) is 12.4 Å². The summed E-state index contributed by atoms with van der Waals surface area (Å²) in [7, 11) is 0.103. The maximum absolute atomic E-state index is 13.7. The zero-order valence-corrected chi connectivity index (χ0v) is 19.5. The van der Waals surface area contributed by atoms with Crippen LogP contribution in [0.3, 0.4) is 0 Å². The van der Waals surface area contributed by atoms with Gasteiger partial charge in [0, 0.05) is 44.3 Å². The van der Waals surface area contributed by atoms with Gasteiger partial charge in [0.1, 0.15) is 0 Å². The number of hydrogen-bond acceptors (Lipinski definition) is 6. The average Bonchev–Trinajstić information content (AvgIpc) is 3.54. The van der Waals surface area contributed by atoms with Crippen molar-refractivity contribution < 1.29 is 13.2 Å². The molecule has 0 spiro atoms. The monoisotopic (exact) mass is 454 g/mol. The van der Waals surface area contributed by atoms with E-state index >= 15 is 0 Å². The van der Waals surface area contributed by atoms with E-state index in [4.69, 9.17) is 4.74 Å². The molecule has 0 radical (unpaired) electrons. The molecule has 2 aromatic heterocycles. The SMILES string of the molecule is CO[C@H]1CCN(c2cccc(S(=O)(=O)n3cc(C[C@@H]4CCCN4C)c4ncccc43)c2)C1. The van der Waals surface area contributed by atoms with E-state index < -0.39 is 10.0 Å². The molecule has 0 N–H and O–H groups in total. The predicted octanol–water partition coefficient (Wildman–Crippen LogP) is 3.14. The Labute approximate surface area is 189 Å². The van der Waals surface area contributed by atoms with Crippen LogP contribution in [-0.2, 0) is 21.2 Å². The van der Waals surface area contributed by atoms with Crippen LogP contribution in [0.4, 0.5) is 5.69 Å². The van der Waals surface area contributed by atoms with Crippen molar-refractivity contribution in [2.75, 3.05) is 38.7 Å². The number of anilines is 1. The number of ether oxygens (including phenoxy) is 1. The van der Waals surface area contributed by atoms with Gasteiger partial charge in [-0.3, -0.25) is 4.98 Å². The highest BCUT2D eigenvalue weighted by Gasteiger charge is 2.27.